The van der Waals surface area contributed by atoms with Crippen LogP contribution in [0.4, 0.5) is 0 Å². The van der Waals surface area contributed by atoms with Gasteiger partial charge in [-0.15, -0.1) is 0 Å². The Labute approximate surface area is 247 Å². The number of carbonyl (C=O) groups is 2. The van der Waals surface area contributed by atoms with Gasteiger partial charge in [0.1, 0.15) is 30.3 Å². The third-order valence-corrected chi connectivity index (χ3v) is 6.44. The SMILES string of the molecule is N#CCc1ccc(O)cc1O[C@@H]1O[C@H](COC(=O)c2cc(O)c(O)c(O)c2)[C@@H](O)[C@H](OC(=O)c2cc(O)c(O)c(O)c2)[C@H]1O. The van der Waals surface area contributed by atoms with Gasteiger partial charge in [0.15, 0.2) is 46.7 Å². The molecule has 0 amide bonds. The Kier molecular flexibility index (Phi) is 9.04. The Balaban J connectivity index is 1.61. The lowest BCUT2D eigenvalue weighted by Gasteiger charge is -2.41. The Morgan fingerprint density at radius 2 is 1.34 bits per heavy atom. The molecule has 232 valence electrons. The summed E-state index contributed by atoms with van der Waals surface area (Å²) in [6, 6.07) is 8.70. The number of aromatic hydroxyl groups is 7. The summed E-state index contributed by atoms with van der Waals surface area (Å²) >= 11 is 0. The zero-order valence-electron chi connectivity index (χ0n) is 22.3. The van der Waals surface area contributed by atoms with Crippen LogP contribution in [-0.2, 0) is 20.6 Å². The number of esters is 2. The maximum absolute atomic E-state index is 12.9. The molecule has 0 radical (unpaired) electrons. The molecule has 1 aliphatic rings. The van der Waals surface area contributed by atoms with Crippen LogP contribution in [0.15, 0.2) is 42.5 Å². The molecule has 0 spiro atoms. The molecule has 1 saturated heterocycles. The van der Waals surface area contributed by atoms with Gasteiger partial charge in [0, 0.05) is 11.6 Å². The van der Waals surface area contributed by atoms with Crippen molar-refractivity contribution in [3.63, 3.8) is 0 Å². The van der Waals surface area contributed by atoms with Crippen LogP contribution in [0.1, 0.15) is 26.3 Å². The van der Waals surface area contributed by atoms with Crippen LogP contribution in [-0.4, -0.2) is 95.2 Å². The summed E-state index contributed by atoms with van der Waals surface area (Å²) in [5.74, 6) is -8.10. The number of phenolic OH excluding ortho intramolecular Hbond substituents is 7. The number of aliphatic hydroxyl groups is 2. The van der Waals surface area contributed by atoms with Crippen LogP contribution in [0.5, 0.6) is 46.0 Å². The number of nitriles is 1. The lowest BCUT2D eigenvalue weighted by molar-refractivity contribution is -0.276. The van der Waals surface area contributed by atoms with E-state index in [1.807, 2.05) is 6.07 Å². The van der Waals surface area contributed by atoms with E-state index in [0.29, 0.717) is 0 Å². The van der Waals surface area contributed by atoms with Gasteiger partial charge in [0.2, 0.25) is 6.29 Å². The Morgan fingerprint density at radius 3 is 1.89 bits per heavy atom. The van der Waals surface area contributed by atoms with E-state index in [0.717, 1.165) is 30.3 Å². The molecular weight excluding hydrogens is 590 g/mol. The molecule has 5 atom stereocenters. The van der Waals surface area contributed by atoms with Crippen LogP contribution >= 0.6 is 0 Å². The van der Waals surface area contributed by atoms with Crippen molar-refractivity contribution < 1.29 is 74.5 Å². The lowest BCUT2D eigenvalue weighted by atomic mass is 9.98. The normalized spacial score (nSPS) is 21.2. The molecule has 3 aromatic rings. The van der Waals surface area contributed by atoms with Gasteiger partial charge in [-0.1, -0.05) is 6.07 Å². The van der Waals surface area contributed by atoms with Crippen LogP contribution in [0.2, 0.25) is 0 Å². The first-order valence-corrected chi connectivity index (χ1v) is 12.6. The van der Waals surface area contributed by atoms with E-state index in [1.165, 1.54) is 12.1 Å². The van der Waals surface area contributed by atoms with Crippen molar-refractivity contribution in [3.8, 4) is 52.1 Å². The van der Waals surface area contributed by atoms with Crippen molar-refractivity contribution >= 4 is 11.9 Å². The molecule has 1 heterocycles. The van der Waals surface area contributed by atoms with Crippen molar-refractivity contribution in [1.29, 1.82) is 5.26 Å². The Bertz CT molecular complexity index is 1570. The van der Waals surface area contributed by atoms with Crippen LogP contribution < -0.4 is 4.74 Å². The number of hydrogen-bond donors (Lipinski definition) is 9. The maximum atomic E-state index is 12.9. The molecule has 0 bridgehead atoms. The molecule has 0 aromatic heterocycles. The maximum Gasteiger partial charge on any atom is 0.338 e. The number of aliphatic hydroxyl groups excluding tert-OH is 2. The summed E-state index contributed by atoms with van der Waals surface area (Å²) in [7, 11) is 0. The lowest BCUT2D eigenvalue weighted by Crippen LogP contribution is -2.61. The molecule has 16 heteroatoms. The third kappa shape index (κ3) is 6.55. The zero-order valence-corrected chi connectivity index (χ0v) is 22.3. The molecule has 44 heavy (non-hydrogen) atoms. The largest absolute Gasteiger partial charge is 0.508 e. The summed E-state index contributed by atoms with van der Waals surface area (Å²) < 4.78 is 21.6. The fourth-order valence-corrected chi connectivity index (χ4v) is 4.16. The first-order valence-electron chi connectivity index (χ1n) is 12.6. The minimum absolute atomic E-state index is 0.128. The number of ether oxygens (including phenoxy) is 4. The Hall–Kier alpha value is -5.63. The monoisotopic (exact) mass is 615 g/mol. The molecular formula is C28H25NO15. The number of nitrogens with zero attached hydrogens (tertiary/aromatic N) is 1. The van der Waals surface area contributed by atoms with E-state index in [4.69, 9.17) is 24.2 Å². The number of phenols is 7. The quantitative estimate of drug-likeness (QED) is 0.124. The highest BCUT2D eigenvalue weighted by Crippen LogP contribution is 2.37. The van der Waals surface area contributed by atoms with E-state index in [1.54, 1.807) is 0 Å². The van der Waals surface area contributed by atoms with Gasteiger partial charge in [-0.2, -0.15) is 5.26 Å². The highest BCUT2D eigenvalue weighted by atomic mass is 16.7. The number of carbonyl (C=O) groups excluding carboxylic acids is 2. The molecule has 0 saturated carbocycles. The minimum Gasteiger partial charge on any atom is -0.508 e. The highest BCUT2D eigenvalue weighted by Gasteiger charge is 2.49. The summed E-state index contributed by atoms with van der Waals surface area (Å²) in [4.78, 5) is 25.4. The highest BCUT2D eigenvalue weighted by molar-refractivity contribution is 5.91. The van der Waals surface area contributed by atoms with Gasteiger partial charge in [-0.3, -0.25) is 0 Å². The number of rotatable bonds is 8. The molecule has 0 unspecified atom stereocenters. The van der Waals surface area contributed by atoms with Gasteiger partial charge in [-0.05, 0) is 30.3 Å². The van der Waals surface area contributed by atoms with Crippen molar-refractivity contribution in [2.24, 2.45) is 0 Å². The van der Waals surface area contributed by atoms with E-state index in [-0.39, 0.29) is 23.5 Å². The van der Waals surface area contributed by atoms with Gasteiger partial charge in [0.05, 0.1) is 23.6 Å². The van der Waals surface area contributed by atoms with E-state index in [9.17, 15) is 55.5 Å². The minimum atomic E-state index is -1.97. The molecule has 3 aromatic carbocycles. The van der Waals surface area contributed by atoms with Gasteiger partial charge in [-0.25, -0.2) is 9.59 Å². The van der Waals surface area contributed by atoms with Crippen molar-refractivity contribution in [3.05, 3.63) is 59.2 Å². The van der Waals surface area contributed by atoms with E-state index in [2.05, 4.69) is 0 Å². The molecule has 9 N–H and O–H groups in total. The standard InChI is InChI=1S/C28H25NO15/c29-4-3-11-1-2-14(30)9-19(11)42-28-24(38)25(44-27(40)13-7-17(33)22(36)18(34)8-13)23(37)20(43-28)10-41-26(39)12-5-15(31)21(35)16(32)6-12/h1-2,5-9,20,23-25,28,30-38H,3,10H2/t20-,23-,24-,25+,28-/m1/s1. The van der Waals surface area contributed by atoms with Gasteiger partial charge < -0.3 is 64.9 Å². The second-order valence-corrected chi connectivity index (χ2v) is 9.46. The van der Waals surface area contributed by atoms with Crippen LogP contribution in [0.3, 0.4) is 0 Å². The topological polar surface area (TPSA) is 277 Å². The average Bonchev–Trinajstić information content (AvgIpc) is 2.98. The summed E-state index contributed by atoms with van der Waals surface area (Å²) in [6.45, 7) is -0.797. The fourth-order valence-electron chi connectivity index (χ4n) is 4.16. The van der Waals surface area contributed by atoms with E-state index >= 15 is 0 Å². The molecule has 0 aliphatic carbocycles. The second kappa shape index (κ2) is 12.7. The van der Waals surface area contributed by atoms with Crippen molar-refractivity contribution in [2.75, 3.05) is 6.61 Å². The first kappa shape index (κ1) is 31.3. The van der Waals surface area contributed by atoms with E-state index < -0.39 is 94.9 Å². The predicted molar refractivity (Wildman–Crippen MR) is 141 cm³/mol. The van der Waals surface area contributed by atoms with Crippen LogP contribution in [0, 0.1) is 11.3 Å². The second-order valence-electron chi connectivity index (χ2n) is 9.46. The fraction of sp³-hybridized carbons (Fsp3) is 0.250. The Morgan fingerprint density at radius 1 is 0.795 bits per heavy atom. The predicted octanol–water partition coefficient (Wildman–Crippen LogP) is 0.600. The third-order valence-electron chi connectivity index (χ3n) is 6.44. The smallest absolute Gasteiger partial charge is 0.338 e. The first-order chi connectivity index (χ1) is 20.8. The van der Waals surface area contributed by atoms with Crippen molar-refractivity contribution in [1.82, 2.24) is 0 Å². The zero-order chi connectivity index (χ0) is 32.3. The molecule has 4 rings (SSSR count). The summed E-state index contributed by atoms with van der Waals surface area (Å²) in [5, 5.41) is 99.0. The molecule has 1 aliphatic heterocycles. The molecule has 16 nitrogen and oxygen atoms in total. The van der Waals surface area contributed by atoms with Gasteiger partial charge >= 0.3 is 11.9 Å². The summed E-state index contributed by atoms with van der Waals surface area (Å²) in [6.07, 6.45) is -9.36. The number of benzene rings is 3. The van der Waals surface area contributed by atoms with Crippen molar-refractivity contribution in [2.45, 2.75) is 37.1 Å². The average molecular weight is 616 g/mol. The molecule has 1 fully saturated rings. The number of hydrogen-bond acceptors (Lipinski definition) is 16. The van der Waals surface area contributed by atoms with Crippen LogP contribution in [0.25, 0.3) is 0 Å². The summed E-state index contributed by atoms with van der Waals surface area (Å²) in [5.41, 5.74) is -0.655. The van der Waals surface area contributed by atoms with Gasteiger partial charge in [0.25, 0.3) is 0 Å².